The zero-order chi connectivity index (χ0) is 13.4. The Morgan fingerprint density at radius 3 is 2.39 bits per heavy atom. The smallest absolute Gasteiger partial charge is 0.241 e. The molecule has 18 heavy (non-hydrogen) atoms. The quantitative estimate of drug-likeness (QED) is 0.825. The Kier molecular flexibility index (Phi) is 3.38. The van der Waals surface area contributed by atoms with Gasteiger partial charge in [0.1, 0.15) is 0 Å². The molecule has 0 saturated heterocycles. The number of rotatable bonds is 3. The third-order valence-corrected chi connectivity index (χ3v) is 5.09. The van der Waals surface area contributed by atoms with Crippen molar-refractivity contribution in [3.8, 4) is 0 Å². The summed E-state index contributed by atoms with van der Waals surface area (Å²) in [6.45, 7) is 3.81. The number of nitrogens with one attached hydrogen (secondary N) is 1. The van der Waals surface area contributed by atoms with Crippen molar-refractivity contribution in [3.63, 3.8) is 0 Å². The summed E-state index contributed by atoms with van der Waals surface area (Å²) in [5.74, 6) is 0. The summed E-state index contributed by atoms with van der Waals surface area (Å²) < 4.78 is 27.5. The van der Waals surface area contributed by atoms with Crippen LogP contribution >= 0.6 is 0 Å². The highest BCUT2D eigenvalue weighted by atomic mass is 32.2. The van der Waals surface area contributed by atoms with Crippen LogP contribution in [-0.4, -0.2) is 14.0 Å². The third-order valence-electron chi connectivity index (χ3n) is 3.47. The fourth-order valence-electron chi connectivity index (χ4n) is 2.57. The molecule has 1 aromatic rings. The summed E-state index contributed by atoms with van der Waals surface area (Å²) in [6.07, 6.45) is 3.95. The van der Waals surface area contributed by atoms with E-state index < -0.39 is 10.0 Å². The summed E-state index contributed by atoms with van der Waals surface area (Å²) in [7, 11) is -3.48. The second-order valence-corrected chi connectivity index (χ2v) is 7.14. The molecule has 4 nitrogen and oxygen atoms in total. The Bertz CT molecular complexity index is 526. The molecule has 0 heterocycles. The van der Waals surface area contributed by atoms with Crippen LogP contribution in [0.2, 0.25) is 0 Å². The highest BCUT2D eigenvalue weighted by Gasteiger charge is 2.33. The van der Waals surface area contributed by atoms with Crippen molar-refractivity contribution in [2.24, 2.45) is 0 Å². The maximum absolute atomic E-state index is 12.3. The van der Waals surface area contributed by atoms with E-state index in [1.165, 1.54) is 6.07 Å². The first-order valence-electron chi connectivity index (χ1n) is 6.22. The predicted octanol–water partition coefficient (Wildman–Crippen LogP) is 2.19. The summed E-state index contributed by atoms with van der Waals surface area (Å²) in [5, 5.41) is 0. The van der Waals surface area contributed by atoms with Crippen LogP contribution in [0.4, 0.5) is 5.69 Å². The third kappa shape index (κ3) is 2.84. The number of nitrogens with two attached hydrogens (primary N) is 1. The van der Waals surface area contributed by atoms with E-state index in [0.717, 1.165) is 31.2 Å². The first kappa shape index (κ1) is 13.4. The number of nitrogen functional groups attached to an aromatic ring is 1. The van der Waals surface area contributed by atoms with Gasteiger partial charge in [-0.05, 0) is 50.5 Å². The Labute approximate surface area is 109 Å². The zero-order valence-electron chi connectivity index (χ0n) is 10.9. The van der Waals surface area contributed by atoms with E-state index in [1.807, 2.05) is 13.8 Å². The Balaban J connectivity index is 2.30. The second kappa shape index (κ2) is 4.55. The Morgan fingerprint density at radius 2 is 1.83 bits per heavy atom. The average Bonchev–Trinajstić information content (AvgIpc) is 2.62. The van der Waals surface area contributed by atoms with Crippen LogP contribution in [-0.2, 0) is 10.0 Å². The number of hydrogen-bond donors (Lipinski definition) is 2. The van der Waals surface area contributed by atoms with Gasteiger partial charge in [-0.25, -0.2) is 13.1 Å². The van der Waals surface area contributed by atoms with Gasteiger partial charge in [-0.1, -0.05) is 12.8 Å². The molecule has 100 valence electrons. The lowest BCUT2D eigenvalue weighted by molar-refractivity contribution is 0.427. The molecule has 2 rings (SSSR count). The van der Waals surface area contributed by atoms with Gasteiger partial charge in [0.25, 0.3) is 0 Å². The maximum Gasteiger partial charge on any atom is 0.241 e. The van der Waals surface area contributed by atoms with Gasteiger partial charge in [0, 0.05) is 11.2 Å². The Hall–Kier alpha value is -1.07. The van der Waals surface area contributed by atoms with Crippen molar-refractivity contribution in [3.05, 3.63) is 23.8 Å². The average molecular weight is 268 g/mol. The van der Waals surface area contributed by atoms with E-state index in [4.69, 9.17) is 5.73 Å². The minimum atomic E-state index is -3.48. The highest BCUT2D eigenvalue weighted by molar-refractivity contribution is 7.89. The molecule has 0 radical (unpaired) electrons. The first-order chi connectivity index (χ1) is 8.31. The van der Waals surface area contributed by atoms with Gasteiger partial charge >= 0.3 is 0 Å². The van der Waals surface area contributed by atoms with Crippen molar-refractivity contribution < 1.29 is 8.42 Å². The molecule has 0 aromatic heterocycles. The van der Waals surface area contributed by atoms with Crippen LogP contribution in [0, 0.1) is 6.92 Å². The first-order valence-corrected chi connectivity index (χ1v) is 7.70. The molecule has 1 aliphatic carbocycles. The van der Waals surface area contributed by atoms with Crippen LogP contribution in [0.25, 0.3) is 0 Å². The Morgan fingerprint density at radius 1 is 1.22 bits per heavy atom. The molecule has 0 unspecified atom stereocenters. The monoisotopic (exact) mass is 268 g/mol. The van der Waals surface area contributed by atoms with E-state index in [0.29, 0.717) is 5.69 Å². The number of aryl methyl sites for hydroxylation is 1. The van der Waals surface area contributed by atoms with Crippen molar-refractivity contribution in [1.82, 2.24) is 4.72 Å². The second-order valence-electron chi connectivity index (χ2n) is 5.45. The largest absolute Gasteiger partial charge is 0.399 e. The van der Waals surface area contributed by atoms with E-state index >= 15 is 0 Å². The number of benzene rings is 1. The van der Waals surface area contributed by atoms with E-state index in [9.17, 15) is 8.42 Å². The van der Waals surface area contributed by atoms with Crippen LogP contribution in [0.15, 0.2) is 23.1 Å². The van der Waals surface area contributed by atoms with Gasteiger partial charge < -0.3 is 5.73 Å². The number of anilines is 1. The lowest BCUT2D eigenvalue weighted by Crippen LogP contribution is -2.43. The molecule has 0 aliphatic heterocycles. The lowest BCUT2D eigenvalue weighted by atomic mass is 10.0. The van der Waals surface area contributed by atoms with Crippen LogP contribution in [0.3, 0.4) is 0 Å². The van der Waals surface area contributed by atoms with Crippen LogP contribution < -0.4 is 10.5 Å². The van der Waals surface area contributed by atoms with Crippen molar-refractivity contribution in [1.29, 1.82) is 0 Å². The molecule has 1 saturated carbocycles. The summed E-state index contributed by atoms with van der Waals surface area (Å²) in [6, 6.07) is 4.92. The van der Waals surface area contributed by atoms with Crippen LogP contribution in [0.5, 0.6) is 0 Å². The normalized spacial score (nSPS) is 19.0. The van der Waals surface area contributed by atoms with Crippen molar-refractivity contribution >= 4 is 15.7 Å². The molecule has 0 bridgehead atoms. The van der Waals surface area contributed by atoms with Gasteiger partial charge in [0.05, 0.1) is 4.90 Å². The fraction of sp³-hybridized carbons (Fsp3) is 0.538. The molecule has 1 aliphatic rings. The fourth-order valence-corrected chi connectivity index (χ4v) is 4.18. The molecule has 0 spiro atoms. The SMILES string of the molecule is Cc1cc(N)cc(S(=O)(=O)NC2(C)CCCC2)c1. The van der Waals surface area contributed by atoms with Gasteiger partial charge in [-0.2, -0.15) is 0 Å². The molecular weight excluding hydrogens is 248 g/mol. The summed E-state index contributed by atoms with van der Waals surface area (Å²) >= 11 is 0. The van der Waals surface area contributed by atoms with Crippen molar-refractivity contribution in [2.45, 2.75) is 50.0 Å². The summed E-state index contributed by atoms with van der Waals surface area (Å²) in [5.41, 5.74) is 6.73. The van der Waals surface area contributed by atoms with Gasteiger partial charge in [0.2, 0.25) is 10.0 Å². The number of hydrogen-bond acceptors (Lipinski definition) is 3. The molecule has 0 atom stereocenters. The highest BCUT2D eigenvalue weighted by Crippen LogP contribution is 2.31. The lowest BCUT2D eigenvalue weighted by Gasteiger charge is -2.25. The zero-order valence-corrected chi connectivity index (χ0v) is 11.7. The molecular formula is C13H20N2O2S. The minimum absolute atomic E-state index is 0.258. The topological polar surface area (TPSA) is 72.2 Å². The molecule has 5 heteroatoms. The molecule has 3 N–H and O–H groups in total. The molecule has 0 amide bonds. The van der Waals surface area contributed by atoms with Crippen LogP contribution in [0.1, 0.15) is 38.2 Å². The van der Waals surface area contributed by atoms with E-state index in [1.54, 1.807) is 12.1 Å². The van der Waals surface area contributed by atoms with Gasteiger partial charge in [0.15, 0.2) is 0 Å². The minimum Gasteiger partial charge on any atom is -0.399 e. The molecule has 1 aromatic carbocycles. The van der Waals surface area contributed by atoms with Gasteiger partial charge in [-0.15, -0.1) is 0 Å². The maximum atomic E-state index is 12.3. The van der Waals surface area contributed by atoms with Gasteiger partial charge in [-0.3, -0.25) is 0 Å². The van der Waals surface area contributed by atoms with Crippen molar-refractivity contribution in [2.75, 3.05) is 5.73 Å². The standard InChI is InChI=1S/C13H20N2O2S/c1-10-7-11(14)9-12(8-10)18(16,17)15-13(2)5-3-4-6-13/h7-9,15H,3-6,14H2,1-2H3. The predicted molar refractivity (Wildman–Crippen MR) is 72.8 cm³/mol. The summed E-state index contributed by atoms with van der Waals surface area (Å²) in [4.78, 5) is 0.258. The van der Waals surface area contributed by atoms with E-state index in [2.05, 4.69) is 4.72 Å². The van der Waals surface area contributed by atoms with E-state index in [-0.39, 0.29) is 10.4 Å². The number of sulfonamides is 1. The molecule has 1 fully saturated rings.